The highest BCUT2D eigenvalue weighted by Gasteiger charge is 2.59. The van der Waals surface area contributed by atoms with Gasteiger partial charge in [0.2, 0.25) is 0 Å². The summed E-state index contributed by atoms with van der Waals surface area (Å²) in [6.07, 6.45) is -7.88. The Balaban J connectivity index is 2.41. The summed E-state index contributed by atoms with van der Waals surface area (Å²) in [5.74, 6) is -0.726. The van der Waals surface area contributed by atoms with Crippen molar-refractivity contribution in [1.29, 1.82) is 0 Å². The first-order chi connectivity index (χ1) is 20.8. The van der Waals surface area contributed by atoms with Crippen LogP contribution >= 0.6 is 0 Å². The molecule has 2 aliphatic rings. The fourth-order valence-corrected chi connectivity index (χ4v) is 6.74. The van der Waals surface area contributed by atoms with Crippen molar-refractivity contribution in [2.45, 2.75) is 174 Å². The first-order valence-corrected chi connectivity index (χ1v) is 16.7. The van der Waals surface area contributed by atoms with E-state index >= 15 is 0 Å². The largest absolute Gasteiger partial charge is 0.454 e. The van der Waals surface area contributed by atoms with Crippen molar-refractivity contribution in [3.63, 3.8) is 0 Å². The molecule has 0 radical (unpaired) electrons. The lowest BCUT2D eigenvalue weighted by atomic mass is 9.61. The second-order valence-electron chi connectivity index (χ2n) is 14.3. The van der Waals surface area contributed by atoms with Crippen LogP contribution in [0.3, 0.4) is 0 Å². The molecule has 0 bridgehead atoms. The Hall–Kier alpha value is -1.15. The summed E-state index contributed by atoms with van der Waals surface area (Å²) in [7, 11) is 0. The van der Waals surface area contributed by atoms with E-state index in [9.17, 15) is 30.3 Å². The maximum absolute atomic E-state index is 12.1. The lowest BCUT2D eigenvalue weighted by molar-refractivity contribution is -0.303. The molecule has 5 N–H and O–H groups in total. The van der Waals surface area contributed by atoms with Crippen LogP contribution in [0.4, 0.5) is 0 Å². The number of aliphatic hydroxyl groups excluding tert-OH is 5. The van der Waals surface area contributed by atoms with Gasteiger partial charge in [0.25, 0.3) is 0 Å². The topological polar surface area (TPSA) is 164 Å². The van der Waals surface area contributed by atoms with Crippen molar-refractivity contribution in [3.05, 3.63) is 12.7 Å². The molecule has 2 fully saturated rings. The molecule has 264 valence electrons. The van der Waals surface area contributed by atoms with Crippen molar-refractivity contribution >= 4 is 5.97 Å². The summed E-state index contributed by atoms with van der Waals surface area (Å²) in [6.45, 7) is 22.8. The van der Waals surface area contributed by atoms with E-state index in [4.69, 9.17) is 23.7 Å². The Bertz CT molecular complexity index is 950. The average molecular weight is 647 g/mol. The average Bonchev–Trinajstić information content (AvgIpc) is 3.02. The number of ether oxygens (including phenoxy) is 5. The Kier molecular flexibility index (Phi) is 14.1. The van der Waals surface area contributed by atoms with E-state index in [0.717, 1.165) is 12.5 Å². The van der Waals surface area contributed by atoms with Crippen molar-refractivity contribution < 1.29 is 54.0 Å². The van der Waals surface area contributed by atoms with Crippen LogP contribution in [0.25, 0.3) is 0 Å². The lowest BCUT2D eigenvalue weighted by Gasteiger charge is -2.56. The van der Waals surface area contributed by atoms with Crippen molar-refractivity contribution in [1.82, 2.24) is 0 Å². The fourth-order valence-electron chi connectivity index (χ4n) is 6.74. The number of hydrogen-bond acceptors (Lipinski definition) is 11. The Morgan fingerprint density at radius 1 is 0.689 bits per heavy atom. The van der Waals surface area contributed by atoms with Crippen molar-refractivity contribution in [2.24, 2.45) is 10.8 Å². The van der Waals surface area contributed by atoms with Gasteiger partial charge in [-0.3, -0.25) is 0 Å². The molecule has 2 aliphatic heterocycles. The zero-order chi connectivity index (χ0) is 34.5. The molecule has 45 heavy (non-hydrogen) atoms. The van der Waals surface area contributed by atoms with Crippen LogP contribution in [0.5, 0.6) is 0 Å². The molecule has 0 spiro atoms. The van der Waals surface area contributed by atoms with Crippen molar-refractivity contribution in [3.8, 4) is 0 Å². The number of aliphatic hydroxyl groups is 5. The second-order valence-corrected chi connectivity index (χ2v) is 14.3. The van der Waals surface area contributed by atoms with Gasteiger partial charge in [-0.2, -0.15) is 0 Å². The summed E-state index contributed by atoms with van der Waals surface area (Å²) < 4.78 is 31.0. The van der Waals surface area contributed by atoms with Gasteiger partial charge < -0.3 is 49.2 Å². The van der Waals surface area contributed by atoms with Crippen molar-refractivity contribution in [2.75, 3.05) is 13.2 Å². The number of hydrogen-bond donors (Lipinski definition) is 5. The highest BCUT2D eigenvalue weighted by molar-refractivity contribution is 5.81. The molecule has 0 aromatic rings. The molecule has 0 aliphatic carbocycles. The number of rotatable bonds is 16. The third-order valence-corrected chi connectivity index (χ3v) is 11.1. The molecule has 11 atom stereocenters. The van der Waals surface area contributed by atoms with Gasteiger partial charge in [-0.15, -0.1) is 0 Å². The van der Waals surface area contributed by atoms with Crippen LogP contribution in [0.15, 0.2) is 12.7 Å². The van der Waals surface area contributed by atoms with Crippen LogP contribution in [0.2, 0.25) is 0 Å². The molecule has 0 amide bonds. The van der Waals surface area contributed by atoms with E-state index in [1.807, 2.05) is 69.2 Å². The normalized spacial score (nSPS) is 34.6. The summed E-state index contributed by atoms with van der Waals surface area (Å²) in [4.78, 5) is 12.1. The second kappa shape index (κ2) is 15.8. The highest BCUT2D eigenvalue weighted by atomic mass is 16.6. The summed E-state index contributed by atoms with van der Waals surface area (Å²) >= 11 is 0. The zero-order valence-electron chi connectivity index (χ0n) is 29.2. The lowest BCUT2D eigenvalue weighted by Crippen LogP contribution is -2.68. The molecular formula is C34H62O11. The molecule has 2 saturated heterocycles. The minimum absolute atomic E-state index is 0.0294. The molecular weight excluding hydrogens is 584 g/mol. The Morgan fingerprint density at radius 2 is 1.20 bits per heavy atom. The molecule has 11 nitrogen and oxygen atoms in total. The number of carbonyl (C=O) groups is 1. The van der Waals surface area contributed by atoms with Gasteiger partial charge in [0.1, 0.15) is 48.8 Å². The number of esters is 1. The van der Waals surface area contributed by atoms with Crippen LogP contribution in [-0.2, 0) is 28.5 Å². The summed E-state index contributed by atoms with van der Waals surface area (Å²) in [5, 5.41) is 55.5. The van der Waals surface area contributed by atoms with Crippen LogP contribution in [0.1, 0.15) is 101 Å². The monoisotopic (exact) mass is 646 g/mol. The van der Waals surface area contributed by atoms with Gasteiger partial charge in [-0.05, 0) is 58.3 Å². The van der Waals surface area contributed by atoms with Gasteiger partial charge in [0.15, 0.2) is 6.10 Å². The van der Waals surface area contributed by atoms with E-state index in [0.29, 0.717) is 25.7 Å². The van der Waals surface area contributed by atoms with E-state index in [1.165, 1.54) is 0 Å². The van der Waals surface area contributed by atoms with E-state index in [2.05, 4.69) is 6.58 Å². The predicted octanol–water partition coefficient (Wildman–Crippen LogP) is 3.06. The first-order valence-electron chi connectivity index (χ1n) is 16.7. The minimum atomic E-state index is -1.47. The predicted molar refractivity (Wildman–Crippen MR) is 169 cm³/mol. The number of carbonyl (C=O) groups excluding carboxylic acids is 1. The standard InChI is InChI=1S/C34H62O11/c1-12-22(35)45-28-26(39)24(37)21(44-30(28)31(7,8)13-2)19-42-33(11,15-4)34(16-5,17-6)29-27(40)25(38)23(36)20(43-29)18-41-32(9,10)14-3/h12,20-21,23-30,36-40H,1,13-19H2,2-11H3. The summed E-state index contributed by atoms with van der Waals surface area (Å²) in [5.41, 5.74) is -2.83. The highest BCUT2D eigenvalue weighted by Crippen LogP contribution is 2.50. The van der Waals surface area contributed by atoms with Gasteiger partial charge in [0.05, 0.1) is 30.5 Å². The van der Waals surface area contributed by atoms with E-state index in [1.54, 1.807) is 0 Å². The Morgan fingerprint density at radius 3 is 1.67 bits per heavy atom. The van der Waals surface area contributed by atoms with Gasteiger partial charge in [-0.1, -0.05) is 55.0 Å². The quantitative estimate of drug-likeness (QED) is 0.124. The third-order valence-electron chi connectivity index (χ3n) is 11.1. The van der Waals surface area contributed by atoms with E-state index < -0.39 is 89.0 Å². The summed E-state index contributed by atoms with van der Waals surface area (Å²) in [6, 6.07) is 0. The molecule has 2 rings (SSSR count). The van der Waals surface area contributed by atoms with E-state index in [-0.39, 0.29) is 13.2 Å². The van der Waals surface area contributed by atoms with Crippen LogP contribution < -0.4 is 0 Å². The Labute approximate surface area is 270 Å². The third kappa shape index (κ3) is 8.29. The van der Waals surface area contributed by atoms with Crippen LogP contribution in [0, 0.1) is 10.8 Å². The molecule has 11 unspecified atom stereocenters. The fraction of sp³-hybridized carbons (Fsp3) is 0.912. The van der Waals surface area contributed by atoms with Crippen LogP contribution in [-0.4, -0.2) is 117 Å². The molecule has 2 heterocycles. The minimum Gasteiger partial charge on any atom is -0.454 e. The van der Waals surface area contributed by atoms with Gasteiger partial charge >= 0.3 is 5.97 Å². The molecule has 0 aromatic carbocycles. The van der Waals surface area contributed by atoms with Gasteiger partial charge in [-0.25, -0.2) is 4.79 Å². The first kappa shape index (κ1) is 40.0. The molecule has 11 heteroatoms. The molecule has 0 saturated carbocycles. The smallest absolute Gasteiger partial charge is 0.330 e. The van der Waals surface area contributed by atoms with Gasteiger partial charge in [0, 0.05) is 11.5 Å². The maximum Gasteiger partial charge on any atom is 0.330 e. The zero-order valence-corrected chi connectivity index (χ0v) is 29.2. The maximum atomic E-state index is 12.1. The SMILES string of the molecule is C=CC(=O)OC1C(O)C(O)C(COC(C)(CC)C(CC)(CC)C2OC(COC(C)(C)CC)C(O)C(O)C2O)OC1C(C)(C)CC. The molecule has 0 aromatic heterocycles.